The Hall–Kier alpha value is -2.76. The minimum atomic E-state index is -1.21. The summed E-state index contributed by atoms with van der Waals surface area (Å²) in [4.78, 5) is 25.1. The molecule has 2 aromatic carbocycles. The Morgan fingerprint density at radius 2 is 1.56 bits per heavy atom. The molecule has 0 radical (unpaired) electrons. The monoisotopic (exact) mass is 344 g/mol. The third-order valence-corrected chi connectivity index (χ3v) is 4.44. The second kappa shape index (κ2) is 6.27. The lowest BCUT2D eigenvalue weighted by atomic mass is 10.0. The molecule has 2 N–H and O–H groups in total. The predicted octanol–water partition coefficient (Wildman–Crippen LogP) is 3.94. The van der Waals surface area contributed by atoms with E-state index in [1.807, 2.05) is 32.0 Å². The fourth-order valence-corrected chi connectivity index (χ4v) is 2.63. The summed E-state index contributed by atoms with van der Waals surface area (Å²) in [6, 6.07) is 8.53. The molecule has 0 bridgehead atoms. The van der Waals surface area contributed by atoms with Crippen molar-refractivity contribution in [1.29, 1.82) is 0 Å². The summed E-state index contributed by atoms with van der Waals surface area (Å²) in [7, 11) is 0. The van der Waals surface area contributed by atoms with Gasteiger partial charge in [-0.3, -0.25) is 9.59 Å². The Morgan fingerprint density at radius 3 is 2.16 bits per heavy atom. The van der Waals surface area contributed by atoms with Crippen LogP contribution in [0.4, 0.5) is 20.2 Å². The number of rotatable bonds is 4. The zero-order chi connectivity index (χ0) is 18.2. The number of hydrogen-bond acceptors (Lipinski definition) is 2. The number of amides is 2. The van der Waals surface area contributed by atoms with E-state index in [0.717, 1.165) is 23.3 Å². The molecule has 2 aromatic rings. The van der Waals surface area contributed by atoms with Gasteiger partial charge in [-0.25, -0.2) is 8.78 Å². The molecule has 0 aliphatic heterocycles. The van der Waals surface area contributed by atoms with E-state index in [0.29, 0.717) is 24.6 Å². The first-order valence-electron chi connectivity index (χ1n) is 7.97. The summed E-state index contributed by atoms with van der Waals surface area (Å²) in [6.07, 6.45) is 0.774. The second-order valence-electron chi connectivity index (χ2n) is 6.43. The van der Waals surface area contributed by atoms with E-state index in [9.17, 15) is 18.4 Å². The van der Waals surface area contributed by atoms with Gasteiger partial charge in [0, 0.05) is 11.8 Å². The van der Waals surface area contributed by atoms with E-state index >= 15 is 0 Å². The van der Waals surface area contributed by atoms with E-state index in [1.165, 1.54) is 0 Å². The average Bonchev–Trinajstić information content (AvgIpc) is 3.35. The van der Waals surface area contributed by atoms with Crippen molar-refractivity contribution in [1.82, 2.24) is 0 Å². The maximum absolute atomic E-state index is 13.7. The lowest BCUT2D eigenvalue weighted by Gasteiger charge is -2.17. The van der Waals surface area contributed by atoms with Crippen molar-refractivity contribution in [2.24, 2.45) is 5.41 Å². The topological polar surface area (TPSA) is 58.2 Å². The van der Waals surface area contributed by atoms with Crippen LogP contribution in [0.15, 0.2) is 36.4 Å². The predicted molar refractivity (Wildman–Crippen MR) is 91.2 cm³/mol. The van der Waals surface area contributed by atoms with Gasteiger partial charge in [0.1, 0.15) is 17.0 Å². The van der Waals surface area contributed by atoms with Gasteiger partial charge in [0.2, 0.25) is 11.8 Å². The highest BCUT2D eigenvalue weighted by Crippen LogP contribution is 2.47. The Morgan fingerprint density at radius 1 is 0.920 bits per heavy atom. The SMILES string of the molecule is Cc1ccc(C)c(NC(=O)C2(C(=O)Nc3ccc(F)cc3F)CC2)c1. The molecule has 6 heteroatoms. The summed E-state index contributed by atoms with van der Waals surface area (Å²) in [6.45, 7) is 3.77. The largest absolute Gasteiger partial charge is 0.325 e. The number of carbonyl (C=O) groups excluding carboxylic acids is 2. The zero-order valence-electron chi connectivity index (χ0n) is 14.0. The van der Waals surface area contributed by atoms with Crippen molar-refractivity contribution in [2.45, 2.75) is 26.7 Å². The highest BCUT2D eigenvalue weighted by atomic mass is 19.1. The molecule has 1 aliphatic rings. The van der Waals surface area contributed by atoms with Crippen LogP contribution in [0.5, 0.6) is 0 Å². The number of nitrogens with one attached hydrogen (secondary N) is 2. The molecule has 4 nitrogen and oxygen atoms in total. The highest BCUT2D eigenvalue weighted by molar-refractivity contribution is 6.17. The molecular formula is C19H18F2N2O2. The number of benzene rings is 2. The quantitative estimate of drug-likeness (QED) is 0.826. The standard InChI is InChI=1S/C19H18F2N2O2/c1-11-3-4-12(2)16(9-11)23-18(25)19(7-8-19)17(24)22-15-6-5-13(20)10-14(15)21/h3-6,9-10H,7-8H2,1-2H3,(H,22,24)(H,23,25). The lowest BCUT2D eigenvalue weighted by Crippen LogP contribution is -2.36. The van der Waals surface area contributed by atoms with Crippen molar-refractivity contribution in [2.75, 3.05) is 10.6 Å². The molecule has 25 heavy (non-hydrogen) atoms. The van der Waals surface area contributed by atoms with Gasteiger partial charge in [-0.15, -0.1) is 0 Å². The molecule has 0 atom stereocenters. The van der Waals surface area contributed by atoms with Gasteiger partial charge in [0.15, 0.2) is 0 Å². The Bertz CT molecular complexity index is 860. The van der Waals surface area contributed by atoms with Gasteiger partial charge < -0.3 is 10.6 Å². The Labute approximate surface area is 144 Å². The second-order valence-corrected chi connectivity index (χ2v) is 6.43. The maximum Gasteiger partial charge on any atom is 0.240 e. The van der Waals surface area contributed by atoms with Gasteiger partial charge in [0.25, 0.3) is 0 Å². The summed E-state index contributed by atoms with van der Waals surface area (Å²) in [5.74, 6) is -2.61. The molecular weight excluding hydrogens is 326 g/mol. The van der Waals surface area contributed by atoms with Crippen LogP contribution in [0.1, 0.15) is 24.0 Å². The van der Waals surface area contributed by atoms with E-state index in [-0.39, 0.29) is 5.69 Å². The summed E-state index contributed by atoms with van der Waals surface area (Å²) in [5, 5.41) is 5.18. The molecule has 3 rings (SSSR count). The molecule has 0 spiro atoms. The van der Waals surface area contributed by atoms with Crippen LogP contribution in [0.3, 0.4) is 0 Å². The fourth-order valence-electron chi connectivity index (χ4n) is 2.63. The summed E-state index contributed by atoms with van der Waals surface area (Å²) >= 11 is 0. The van der Waals surface area contributed by atoms with Crippen LogP contribution in [0.25, 0.3) is 0 Å². The molecule has 2 amide bonds. The van der Waals surface area contributed by atoms with Crippen LogP contribution in [-0.4, -0.2) is 11.8 Å². The molecule has 0 aromatic heterocycles. The molecule has 1 fully saturated rings. The van der Waals surface area contributed by atoms with Crippen LogP contribution in [0, 0.1) is 30.9 Å². The van der Waals surface area contributed by atoms with Gasteiger partial charge >= 0.3 is 0 Å². The van der Waals surface area contributed by atoms with Crippen LogP contribution < -0.4 is 10.6 Å². The lowest BCUT2D eigenvalue weighted by molar-refractivity contribution is -0.131. The first-order valence-corrected chi connectivity index (χ1v) is 7.97. The van der Waals surface area contributed by atoms with Crippen LogP contribution >= 0.6 is 0 Å². The van der Waals surface area contributed by atoms with E-state index < -0.39 is 28.9 Å². The average molecular weight is 344 g/mol. The van der Waals surface area contributed by atoms with Crippen molar-refractivity contribution in [3.8, 4) is 0 Å². The minimum absolute atomic E-state index is 0.141. The first-order chi connectivity index (χ1) is 11.8. The van der Waals surface area contributed by atoms with E-state index in [2.05, 4.69) is 10.6 Å². The van der Waals surface area contributed by atoms with E-state index in [1.54, 1.807) is 0 Å². The number of halogens is 2. The van der Waals surface area contributed by atoms with Crippen molar-refractivity contribution >= 4 is 23.2 Å². The third-order valence-electron chi connectivity index (χ3n) is 4.44. The smallest absolute Gasteiger partial charge is 0.240 e. The highest BCUT2D eigenvalue weighted by Gasteiger charge is 2.56. The molecule has 0 heterocycles. The van der Waals surface area contributed by atoms with Crippen molar-refractivity contribution in [3.05, 3.63) is 59.2 Å². The van der Waals surface area contributed by atoms with Crippen LogP contribution in [0.2, 0.25) is 0 Å². The van der Waals surface area contributed by atoms with E-state index in [4.69, 9.17) is 0 Å². The molecule has 0 unspecified atom stereocenters. The molecule has 0 saturated heterocycles. The summed E-state index contributed by atoms with van der Waals surface area (Å²) < 4.78 is 26.7. The minimum Gasteiger partial charge on any atom is -0.325 e. The van der Waals surface area contributed by atoms with Gasteiger partial charge in [0.05, 0.1) is 5.69 Å². The number of aryl methyl sites for hydroxylation is 2. The van der Waals surface area contributed by atoms with Crippen molar-refractivity contribution < 1.29 is 18.4 Å². The molecule has 1 saturated carbocycles. The Kier molecular flexibility index (Phi) is 4.29. The van der Waals surface area contributed by atoms with Crippen molar-refractivity contribution in [3.63, 3.8) is 0 Å². The number of anilines is 2. The normalized spacial score (nSPS) is 14.7. The molecule has 1 aliphatic carbocycles. The van der Waals surface area contributed by atoms with Crippen LogP contribution in [-0.2, 0) is 9.59 Å². The summed E-state index contributed by atoms with van der Waals surface area (Å²) in [5.41, 5.74) is 1.18. The third kappa shape index (κ3) is 3.38. The fraction of sp³-hybridized carbons (Fsp3) is 0.263. The zero-order valence-corrected chi connectivity index (χ0v) is 14.0. The number of carbonyl (C=O) groups is 2. The van der Waals surface area contributed by atoms with Gasteiger partial charge in [-0.2, -0.15) is 0 Å². The maximum atomic E-state index is 13.7. The number of hydrogen-bond donors (Lipinski definition) is 2. The molecule has 130 valence electrons. The van der Waals surface area contributed by atoms with Gasteiger partial charge in [-0.1, -0.05) is 12.1 Å². The first kappa shape index (κ1) is 17.1. The Balaban J connectivity index is 1.75. The van der Waals surface area contributed by atoms with Gasteiger partial charge in [-0.05, 0) is 56.0 Å².